The molecular formula is C16H16N4O. The highest BCUT2D eigenvalue weighted by molar-refractivity contribution is 5.40. The van der Waals surface area contributed by atoms with Gasteiger partial charge in [0.2, 0.25) is 0 Å². The highest BCUT2D eigenvalue weighted by Gasteiger charge is 2.17. The molecule has 0 aliphatic rings. The first-order valence-electron chi connectivity index (χ1n) is 6.69. The molecule has 0 fully saturated rings. The van der Waals surface area contributed by atoms with Crippen LogP contribution in [0.1, 0.15) is 23.1 Å². The molecule has 0 saturated heterocycles. The molecule has 3 N–H and O–H groups in total. The molecule has 21 heavy (non-hydrogen) atoms. The predicted molar refractivity (Wildman–Crippen MR) is 80.5 cm³/mol. The van der Waals surface area contributed by atoms with Crippen molar-refractivity contribution in [2.75, 3.05) is 5.73 Å². The van der Waals surface area contributed by atoms with Crippen LogP contribution in [0.2, 0.25) is 0 Å². The van der Waals surface area contributed by atoms with Gasteiger partial charge in [0.05, 0.1) is 6.54 Å². The Bertz CT molecular complexity index is 707. The van der Waals surface area contributed by atoms with Gasteiger partial charge in [-0.1, -0.05) is 42.5 Å². The molecule has 5 nitrogen and oxygen atoms in total. The summed E-state index contributed by atoms with van der Waals surface area (Å²) in [5, 5.41) is 18.4. The van der Waals surface area contributed by atoms with Gasteiger partial charge in [0, 0.05) is 5.69 Å². The molecule has 5 heteroatoms. The van der Waals surface area contributed by atoms with Crippen LogP contribution in [0, 0.1) is 0 Å². The average Bonchev–Trinajstić information content (AvgIpc) is 2.96. The van der Waals surface area contributed by atoms with Gasteiger partial charge in [-0.3, -0.25) is 0 Å². The predicted octanol–water partition coefficient (Wildman–Crippen LogP) is 1.99. The van der Waals surface area contributed by atoms with Crippen LogP contribution in [0.4, 0.5) is 5.69 Å². The number of nitrogen functional groups attached to an aromatic ring is 1. The van der Waals surface area contributed by atoms with Crippen LogP contribution in [0.25, 0.3) is 0 Å². The Morgan fingerprint density at radius 1 is 1.05 bits per heavy atom. The van der Waals surface area contributed by atoms with Gasteiger partial charge in [-0.15, -0.1) is 10.2 Å². The van der Waals surface area contributed by atoms with Crippen LogP contribution in [0.3, 0.4) is 0 Å². The zero-order valence-corrected chi connectivity index (χ0v) is 11.4. The van der Waals surface area contributed by atoms with Crippen LogP contribution >= 0.6 is 0 Å². The summed E-state index contributed by atoms with van der Waals surface area (Å²) in [6.45, 7) is 0.620. The fourth-order valence-corrected chi connectivity index (χ4v) is 2.20. The van der Waals surface area contributed by atoms with E-state index in [1.165, 1.54) is 0 Å². The van der Waals surface area contributed by atoms with Gasteiger partial charge in [-0.2, -0.15) is 0 Å². The van der Waals surface area contributed by atoms with Crippen LogP contribution < -0.4 is 5.73 Å². The molecule has 0 bridgehead atoms. The Hall–Kier alpha value is -2.66. The van der Waals surface area contributed by atoms with E-state index >= 15 is 0 Å². The molecule has 2 aromatic carbocycles. The minimum absolute atomic E-state index is 0.517. The maximum Gasteiger partial charge on any atom is 0.166 e. The Balaban J connectivity index is 1.86. The first-order valence-corrected chi connectivity index (χ1v) is 6.69. The summed E-state index contributed by atoms with van der Waals surface area (Å²) in [7, 11) is 0. The normalized spacial score (nSPS) is 12.2. The van der Waals surface area contributed by atoms with Crippen molar-refractivity contribution in [3.05, 3.63) is 77.9 Å². The highest BCUT2D eigenvalue weighted by Crippen LogP contribution is 2.21. The molecule has 106 valence electrons. The van der Waals surface area contributed by atoms with Gasteiger partial charge in [-0.05, 0) is 23.3 Å². The summed E-state index contributed by atoms with van der Waals surface area (Å²) in [4.78, 5) is 0. The van der Waals surface area contributed by atoms with Crippen molar-refractivity contribution in [2.24, 2.45) is 0 Å². The third-order valence-corrected chi connectivity index (χ3v) is 3.34. The number of hydrogen-bond donors (Lipinski definition) is 2. The van der Waals surface area contributed by atoms with Gasteiger partial charge in [0.25, 0.3) is 0 Å². The summed E-state index contributed by atoms with van der Waals surface area (Å²) < 4.78 is 1.84. The van der Waals surface area contributed by atoms with Crippen molar-refractivity contribution in [1.29, 1.82) is 0 Å². The van der Waals surface area contributed by atoms with Gasteiger partial charge < -0.3 is 15.4 Å². The number of hydrogen-bond acceptors (Lipinski definition) is 4. The van der Waals surface area contributed by atoms with E-state index in [9.17, 15) is 5.11 Å². The van der Waals surface area contributed by atoms with Crippen molar-refractivity contribution in [2.45, 2.75) is 12.6 Å². The van der Waals surface area contributed by atoms with Crippen LogP contribution in [0.5, 0.6) is 0 Å². The van der Waals surface area contributed by atoms with Crippen molar-refractivity contribution in [1.82, 2.24) is 14.8 Å². The maximum atomic E-state index is 10.5. The summed E-state index contributed by atoms with van der Waals surface area (Å²) >= 11 is 0. The quantitative estimate of drug-likeness (QED) is 0.716. The van der Waals surface area contributed by atoms with Crippen LogP contribution in [-0.4, -0.2) is 19.9 Å². The molecule has 0 aliphatic heterocycles. The van der Waals surface area contributed by atoms with Crippen molar-refractivity contribution in [3.63, 3.8) is 0 Å². The van der Waals surface area contributed by atoms with E-state index in [0.717, 1.165) is 11.1 Å². The average molecular weight is 280 g/mol. The monoisotopic (exact) mass is 280 g/mol. The lowest BCUT2D eigenvalue weighted by Gasteiger charge is -2.13. The van der Waals surface area contributed by atoms with E-state index in [0.29, 0.717) is 18.1 Å². The van der Waals surface area contributed by atoms with E-state index in [-0.39, 0.29) is 0 Å². The minimum Gasteiger partial charge on any atom is -0.399 e. The first kappa shape index (κ1) is 13.3. The molecule has 3 rings (SSSR count). The smallest absolute Gasteiger partial charge is 0.166 e. The SMILES string of the molecule is Nc1ccc(C(O)c2nncn2Cc2ccccc2)cc1. The van der Waals surface area contributed by atoms with Crippen molar-refractivity contribution in [3.8, 4) is 0 Å². The highest BCUT2D eigenvalue weighted by atomic mass is 16.3. The Kier molecular flexibility index (Phi) is 3.66. The second kappa shape index (κ2) is 5.76. The summed E-state index contributed by atoms with van der Waals surface area (Å²) in [5.41, 5.74) is 8.20. The largest absolute Gasteiger partial charge is 0.399 e. The lowest BCUT2D eigenvalue weighted by Crippen LogP contribution is -2.10. The number of aliphatic hydroxyl groups excluding tert-OH is 1. The molecule has 0 saturated carbocycles. The van der Waals surface area contributed by atoms with Crippen molar-refractivity contribution < 1.29 is 5.11 Å². The Morgan fingerprint density at radius 3 is 2.48 bits per heavy atom. The number of nitrogens with two attached hydrogens (primary N) is 1. The van der Waals surface area contributed by atoms with Gasteiger partial charge in [0.15, 0.2) is 5.82 Å². The van der Waals surface area contributed by atoms with Crippen LogP contribution in [0.15, 0.2) is 60.9 Å². The molecule has 0 aliphatic carbocycles. The zero-order valence-electron chi connectivity index (χ0n) is 11.4. The fraction of sp³-hybridized carbons (Fsp3) is 0.125. The molecule has 1 atom stereocenters. The molecule has 3 aromatic rings. The fourth-order valence-electron chi connectivity index (χ4n) is 2.20. The van der Waals surface area contributed by atoms with Gasteiger partial charge in [0.1, 0.15) is 12.4 Å². The lowest BCUT2D eigenvalue weighted by atomic mass is 10.1. The molecule has 1 unspecified atom stereocenters. The minimum atomic E-state index is -0.822. The van der Waals surface area contributed by atoms with E-state index in [4.69, 9.17) is 5.73 Å². The van der Waals surface area contributed by atoms with Crippen molar-refractivity contribution >= 4 is 5.69 Å². The number of aromatic nitrogens is 3. The first-order chi connectivity index (χ1) is 10.2. The molecule has 1 heterocycles. The second-order valence-corrected chi connectivity index (χ2v) is 4.87. The second-order valence-electron chi connectivity index (χ2n) is 4.87. The van der Waals surface area contributed by atoms with E-state index in [1.807, 2.05) is 34.9 Å². The van der Waals surface area contributed by atoms with Gasteiger partial charge in [-0.25, -0.2) is 0 Å². The molecule has 0 radical (unpaired) electrons. The molecular weight excluding hydrogens is 264 g/mol. The molecule has 0 amide bonds. The summed E-state index contributed by atoms with van der Waals surface area (Å²) in [5.74, 6) is 0.517. The third kappa shape index (κ3) is 2.93. The standard InChI is InChI=1S/C16H16N4O/c17-14-8-6-13(7-9-14)15(21)16-19-18-11-20(16)10-12-4-2-1-3-5-12/h1-9,11,15,21H,10,17H2. The Morgan fingerprint density at radius 2 is 1.76 bits per heavy atom. The van der Waals surface area contributed by atoms with Crippen LogP contribution in [-0.2, 0) is 6.54 Å². The topological polar surface area (TPSA) is 77.0 Å². The molecule has 0 spiro atoms. The van der Waals surface area contributed by atoms with E-state index in [1.54, 1.807) is 30.6 Å². The number of aliphatic hydroxyl groups is 1. The summed E-state index contributed by atoms with van der Waals surface area (Å²) in [6.07, 6.45) is 0.805. The Labute approximate surface area is 122 Å². The summed E-state index contributed by atoms with van der Waals surface area (Å²) in [6, 6.07) is 17.1. The molecule has 1 aromatic heterocycles. The number of benzene rings is 2. The van der Waals surface area contributed by atoms with E-state index in [2.05, 4.69) is 10.2 Å². The van der Waals surface area contributed by atoms with E-state index < -0.39 is 6.10 Å². The lowest BCUT2D eigenvalue weighted by molar-refractivity contribution is 0.205. The number of rotatable bonds is 4. The number of nitrogens with zero attached hydrogens (tertiary/aromatic N) is 3. The number of anilines is 1. The van der Waals surface area contributed by atoms with Gasteiger partial charge >= 0.3 is 0 Å². The maximum absolute atomic E-state index is 10.5. The third-order valence-electron chi connectivity index (χ3n) is 3.34. The zero-order chi connectivity index (χ0) is 14.7.